The van der Waals surface area contributed by atoms with E-state index in [-0.39, 0.29) is 6.04 Å². The first kappa shape index (κ1) is 14.9. The zero-order valence-corrected chi connectivity index (χ0v) is 12.1. The number of hydrogen-bond acceptors (Lipinski definition) is 1. The molecule has 2 aromatic rings. The van der Waals surface area contributed by atoms with Crippen molar-refractivity contribution in [3.05, 3.63) is 69.7 Å². The Morgan fingerprint density at radius 1 is 1.20 bits per heavy atom. The van der Waals surface area contributed by atoms with Gasteiger partial charge in [0.1, 0.15) is 11.6 Å². The molecule has 0 saturated heterocycles. The molecule has 0 amide bonds. The van der Waals surface area contributed by atoms with Gasteiger partial charge < -0.3 is 5.32 Å². The van der Waals surface area contributed by atoms with E-state index in [0.717, 1.165) is 23.3 Å². The SMILES string of the molecule is CNC(Cc1cc(F)ccc1F)c1cccc(C)c1Cl. The van der Waals surface area contributed by atoms with Crippen molar-refractivity contribution in [1.29, 1.82) is 0 Å². The molecule has 1 N–H and O–H groups in total. The van der Waals surface area contributed by atoms with Crippen LogP contribution in [0.2, 0.25) is 5.02 Å². The minimum Gasteiger partial charge on any atom is -0.313 e. The predicted octanol–water partition coefficient (Wildman–Crippen LogP) is 4.43. The summed E-state index contributed by atoms with van der Waals surface area (Å²) in [5, 5.41) is 3.76. The first-order chi connectivity index (χ1) is 9.52. The first-order valence-corrected chi connectivity index (χ1v) is 6.77. The maximum absolute atomic E-state index is 13.7. The zero-order chi connectivity index (χ0) is 14.7. The molecule has 0 bridgehead atoms. The number of halogens is 3. The Hall–Kier alpha value is -1.45. The van der Waals surface area contributed by atoms with Gasteiger partial charge >= 0.3 is 0 Å². The van der Waals surface area contributed by atoms with Crippen LogP contribution in [0, 0.1) is 18.6 Å². The standard InChI is InChI=1S/C16H16ClF2N/c1-10-4-3-5-13(16(10)17)15(20-2)9-11-8-12(18)6-7-14(11)19/h3-8,15,20H,9H2,1-2H3. The lowest BCUT2D eigenvalue weighted by Gasteiger charge is -2.19. The Morgan fingerprint density at radius 3 is 2.65 bits per heavy atom. The van der Waals surface area contributed by atoms with Crippen LogP contribution in [0.15, 0.2) is 36.4 Å². The Labute approximate surface area is 122 Å². The molecule has 0 aliphatic rings. The van der Waals surface area contributed by atoms with Crippen molar-refractivity contribution >= 4 is 11.6 Å². The summed E-state index contributed by atoms with van der Waals surface area (Å²) < 4.78 is 27.0. The van der Waals surface area contributed by atoms with E-state index in [4.69, 9.17) is 11.6 Å². The van der Waals surface area contributed by atoms with Gasteiger partial charge in [-0.25, -0.2) is 8.78 Å². The molecular formula is C16H16ClF2N. The lowest BCUT2D eigenvalue weighted by atomic mass is 9.97. The molecule has 106 valence electrons. The molecule has 20 heavy (non-hydrogen) atoms. The largest absolute Gasteiger partial charge is 0.313 e. The predicted molar refractivity (Wildman–Crippen MR) is 78.1 cm³/mol. The van der Waals surface area contributed by atoms with Crippen molar-refractivity contribution in [2.75, 3.05) is 7.05 Å². The molecule has 0 aliphatic carbocycles. The molecule has 0 spiro atoms. The number of aryl methyl sites for hydroxylation is 1. The number of rotatable bonds is 4. The van der Waals surface area contributed by atoms with Crippen LogP contribution in [-0.4, -0.2) is 7.05 Å². The Morgan fingerprint density at radius 2 is 1.95 bits per heavy atom. The van der Waals surface area contributed by atoms with Crippen molar-refractivity contribution < 1.29 is 8.78 Å². The summed E-state index contributed by atoms with van der Waals surface area (Å²) in [6.45, 7) is 1.92. The van der Waals surface area contributed by atoms with Gasteiger partial charge in [-0.15, -0.1) is 0 Å². The van der Waals surface area contributed by atoms with Gasteiger partial charge in [0.2, 0.25) is 0 Å². The van der Waals surface area contributed by atoms with Crippen LogP contribution >= 0.6 is 11.6 Å². The molecule has 0 fully saturated rings. The molecular weight excluding hydrogens is 280 g/mol. The normalized spacial score (nSPS) is 12.4. The highest BCUT2D eigenvalue weighted by molar-refractivity contribution is 6.32. The molecule has 0 aromatic heterocycles. The third-order valence-electron chi connectivity index (χ3n) is 3.38. The van der Waals surface area contributed by atoms with E-state index in [1.54, 1.807) is 7.05 Å². The molecule has 0 saturated carbocycles. The average Bonchev–Trinajstić information content (AvgIpc) is 2.43. The van der Waals surface area contributed by atoms with Crippen molar-refractivity contribution in [3.8, 4) is 0 Å². The molecule has 2 aromatic carbocycles. The fourth-order valence-electron chi connectivity index (χ4n) is 2.23. The Bertz CT molecular complexity index is 613. The van der Waals surface area contributed by atoms with Gasteiger partial charge in [0, 0.05) is 11.1 Å². The number of nitrogens with one attached hydrogen (secondary N) is 1. The van der Waals surface area contributed by atoms with Crippen molar-refractivity contribution in [2.45, 2.75) is 19.4 Å². The zero-order valence-electron chi connectivity index (χ0n) is 11.4. The van der Waals surface area contributed by atoms with E-state index in [0.29, 0.717) is 17.0 Å². The van der Waals surface area contributed by atoms with Crippen molar-refractivity contribution in [3.63, 3.8) is 0 Å². The lowest BCUT2D eigenvalue weighted by Crippen LogP contribution is -2.20. The third kappa shape index (κ3) is 3.17. The van der Waals surface area contributed by atoms with Gasteiger partial charge in [-0.05, 0) is 55.3 Å². The number of benzene rings is 2. The molecule has 0 radical (unpaired) electrons. The second-order valence-electron chi connectivity index (χ2n) is 4.76. The van der Waals surface area contributed by atoms with E-state index in [1.165, 1.54) is 6.07 Å². The highest BCUT2D eigenvalue weighted by Crippen LogP contribution is 2.28. The van der Waals surface area contributed by atoms with Crippen LogP contribution in [0.25, 0.3) is 0 Å². The summed E-state index contributed by atoms with van der Waals surface area (Å²) in [7, 11) is 1.78. The van der Waals surface area contributed by atoms with Gasteiger partial charge in [-0.2, -0.15) is 0 Å². The van der Waals surface area contributed by atoms with Crippen molar-refractivity contribution in [2.24, 2.45) is 0 Å². The smallest absolute Gasteiger partial charge is 0.126 e. The topological polar surface area (TPSA) is 12.0 Å². The summed E-state index contributed by atoms with van der Waals surface area (Å²) >= 11 is 6.30. The fraction of sp³-hybridized carbons (Fsp3) is 0.250. The fourth-order valence-corrected chi connectivity index (χ4v) is 2.48. The average molecular weight is 296 g/mol. The summed E-state index contributed by atoms with van der Waals surface area (Å²) in [5.41, 5.74) is 2.18. The van der Waals surface area contributed by atoms with Crippen LogP contribution in [-0.2, 0) is 6.42 Å². The molecule has 2 rings (SSSR count). The first-order valence-electron chi connectivity index (χ1n) is 6.39. The van der Waals surface area contributed by atoms with Crippen LogP contribution in [0.5, 0.6) is 0 Å². The van der Waals surface area contributed by atoms with Crippen LogP contribution < -0.4 is 5.32 Å². The highest BCUT2D eigenvalue weighted by Gasteiger charge is 2.16. The van der Waals surface area contributed by atoms with Gasteiger partial charge in [0.15, 0.2) is 0 Å². The second-order valence-corrected chi connectivity index (χ2v) is 5.14. The maximum Gasteiger partial charge on any atom is 0.126 e. The van der Waals surface area contributed by atoms with E-state index in [1.807, 2.05) is 25.1 Å². The van der Waals surface area contributed by atoms with Gasteiger partial charge in [0.25, 0.3) is 0 Å². The maximum atomic E-state index is 13.7. The van der Waals surface area contributed by atoms with E-state index < -0.39 is 11.6 Å². The summed E-state index contributed by atoms with van der Waals surface area (Å²) in [4.78, 5) is 0. The minimum atomic E-state index is -0.438. The summed E-state index contributed by atoms with van der Waals surface area (Å²) in [6, 6.07) is 9.04. The van der Waals surface area contributed by atoms with E-state index in [9.17, 15) is 8.78 Å². The monoisotopic (exact) mass is 295 g/mol. The number of likely N-dealkylation sites (N-methyl/N-ethyl adjacent to an activating group) is 1. The minimum absolute atomic E-state index is 0.168. The molecule has 0 aliphatic heterocycles. The van der Waals surface area contributed by atoms with Gasteiger partial charge in [-0.1, -0.05) is 29.8 Å². The Balaban J connectivity index is 2.34. The van der Waals surface area contributed by atoms with Crippen LogP contribution in [0.4, 0.5) is 8.78 Å². The lowest BCUT2D eigenvalue weighted by molar-refractivity contribution is 0.544. The van der Waals surface area contributed by atoms with Gasteiger partial charge in [-0.3, -0.25) is 0 Å². The highest BCUT2D eigenvalue weighted by atomic mass is 35.5. The number of hydrogen-bond donors (Lipinski definition) is 1. The summed E-state index contributed by atoms with van der Waals surface area (Å²) in [5.74, 6) is -0.845. The Kier molecular flexibility index (Phi) is 4.73. The van der Waals surface area contributed by atoms with Crippen LogP contribution in [0.1, 0.15) is 22.7 Å². The second kappa shape index (κ2) is 6.33. The van der Waals surface area contributed by atoms with E-state index >= 15 is 0 Å². The summed E-state index contributed by atoms with van der Waals surface area (Å²) in [6.07, 6.45) is 0.337. The van der Waals surface area contributed by atoms with Crippen LogP contribution in [0.3, 0.4) is 0 Å². The third-order valence-corrected chi connectivity index (χ3v) is 3.89. The quantitative estimate of drug-likeness (QED) is 0.880. The van der Waals surface area contributed by atoms with Crippen molar-refractivity contribution in [1.82, 2.24) is 5.32 Å². The molecule has 1 unspecified atom stereocenters. The van der Waals surface area contributed by atoms with Gasteiger partial charge in [0.05, 0.1) is 0 Å². The molecule has 4 heteroatoms. The molecule has 1 nitrogen and oxygen atoms in total. The van der Waals surface area contributed by atoms with E-state index in [2.05, 4.69) is 5.32 Å². The molecule has 0 heterocycles. The molecule has 1 atom stereocenters.